The van der Waals surface area contributed by atoms with Gasteiger partial charge in [0, 0.05) is 32.1 Å². The Bertz CT molecular complexity index is 447. The van der Waals surface area contributed by atoms with E-state index >= 15 is 0 Å². The first-order valence-electron chi connectivity index (χ1n) is 6.45. The van der Waals surface area contributed by atoms with Crippen molar-refractivity contribution in [3.63, 3.8) is 0 Å². The highest BCUT2D eigenvalue weighted by molar-refractivity contribution is 5.49. The fraction of sp³-hybridized carbons (Fsp3) is 0.615. The van der Waals surface area contributed by atoms with Crippen molar-refractivity contribution in [1.82, 2.24) is 9.97 Å². The molecule has 0 bridgehead atoms. The number of nitrogens with one attached hydrogen (secondary N) is 1. The summed E-state index contributed by atoms with van der Waals surface area (Å²) >= 11 is 0. The molecule has 1 saturated carbocycles. The van der Waals surface area contributed by atoms with Crippen LogP contribution in [0.5, 0.6) is 0 Å². The van der Waals surface area contributed by atoms with Crippen molar-refractivity contribution in [2.45, 2.75) is 32.1 Å². The van der Waals surface area contributed by atoms with Gasteiger partial charge in [-0.15, -0.1) is 0 Å². The van der Waals surface area contributed by atoms with E-state index in [1.165, 1.54) is 12.8 Å². The molecule has 0 radical (unpaired) electrons. The average Bonchev–Trinajstić information content (AvgIpc) is 3.20. The lowest BCUT2D eigenvalue weighted by molar-refractivity contribution is 0.849. The summed E-state index contributed by atoms with van der Waals surface area (Å²) in [5.41, 5.74) is 0. The first-order chi connectivity index (χ1) is 8.74. The third-order valence-corrected chi connectivity index (χ3v) is 2.98. The Morgan fingerprint density at radius 2 is 2.28 bits per heavy atom. The zero-order valence-corrected chi connectivity index (χ0v) is 11.0. The Kier molecular flexibility index (Phi) is 3.98. The number of anilines is 2. The molecule has 1 aromatic rings. The molecule has 18 heavy (non-hydrogen) atoms. The van der Waals surface area contributed by atoms with E-state index in [9.17, 15) is 0 Å². The molecule has 0 unspecified atom stereocenters. The minimum Gasteiger partial charge on any atom is -0.370 e. The lowest BCUT2D eigenvalue weighted by atomic mass is 10.3. The molecule has 0 amide bonds. The van der Waals surface area contributed by atoms with Crippen LogP contribution in [0, 0.1) is 11.3 Å². The number of hydrogen-bond acceptors (Lipinski definition) is 5. The summed E-state index contributed by atoms with van der Waals surface area (Å²) in [4.78, 5) is 11.1. The second-order valence-electron chi connectivity index (χ2n) is 4.60. The van der Waals surface area contributed by atoms with Gasteiger partial charge in [0.05, 0.1) is 12.5 Å². The molecule has 1 heterocycles. The van der Waals surface area contributed by atoms with Gasteiger partial charge in [-0.2, -0.15) is 5.26 Å². The molecule has 0 aromatic carbocycles. The molecule has 1 fully saturated rings. The Morgan fingerprint density at radius 3 is 2.89 bits per heavy atom. The molecule has 0 saturated heterocycles. The van der Waals surface area contributed by atoms with E-state index in [4.69, 9.17) is 5.26 Å². The van der Waals surface area contributed by atoms with Crippen LogP contribution in [0.3, 0.4) is 0 Å². The maximum absolute atomic E-state index is 8.63. The third kappa shape index (κ3) is 3.10. The minimum absolute atomic E-state index is 0.510. The summed E-state index contributed by atoms with van der Waals surface area (Å²) in [7, 11) is 1.96. The molecule has 0 aliphatic heterocycles. The van der Waals surface area contributed by atoms with Crippen molar-refractivity contribution < 1.29 is 0 Å². The summed E-state index contributed by atoms with van der Waals surface area (Å²) in [6.45, 7) is 3.60. The predicted molar refractivity (Wildman–Crippen MR) is 71.7 cm³/mol. The van der Waals surface area contributed by atoms with Crippen molar-refractivity contribution in [2.75, 3.05) is 30.4 Å². The number of nitriles is 1. The van der Waals surface area contributed by atoms with Gasteiger partial charge in [-0.05, 0) is 19.8 Å². The number of rotatable bonds is 6. The van der Waals surface area contributed by atoms with Gasteiger partial charge in [-0.3, -0.25) is 0 Å². The number of aromatic nitrogens is 2. The smallest absolute Gasteiger partial charge is 0.136 e. The molecule has 2 rings (SSSR count). The lowest BCUT2D eigenvalue weighted by Crippen LogP contribution is -2.20. The highest BCUT2D eigenvalue weighted by Gasteiger charge is 2.27. The van der Waals surface area contributed by atoms with Crippen molar-refractivity contribution in [3.05, 3.63) is 11.9 Å². The Hall–Kier alpha value is -1.83. The largest absolute Gasteiger partial charge is 0.370 e. The van der Waals surface area contributed by atoms with Crippen molar-refractivity contribution in [3.8, 4) is 6.07 Å². The second kappa shape index (κ2) is 5.67. The highest BCUT2D eigenvalue weighted by atomic mass is 15.2. The van der Waals surface area contributed by atoms with Crippen LogP contribution in [0.15, 0.2) is 6.07 Å². The topological polar surface area (TPSA) is 64.8 Å². The maximum Gasteiger partial charge on any atom is 0.136 e. The molecule has 5 nitrogen and oxygen atoms in total. The van der Waals surface area contributed by atoms with Gasteiger partial charge in [-0.25, -0.2) is 9.97 Å². The van der Waals surface area contributed by atoms with E-state index in [0.29, 0.717) is 18.9 Å². The zero-order chi connectivity index (χ0) is 13.0. The molecule has 1 aliphatic rings. The highest BCUT2D eigenvalue weighted by Crippen LogP contribution is 2.39. The molecule has 0 spiro atoms. The van der Waals surface area contributed by atoms with Crippen LogP contribution in [0.1, 0.15) is 37.9 Å². The third-order valence-electron chi connectivity index (χ3n) is 2.98. The number of nitrogens with zero attached hydrogens (tertiary/aromatic N) is 4. The van der Waals surface area contributed by atoms with Crippen LogP contribution in [-0.4, -0.2) is 30.1 Å². The van der Waals surface area contributed by atoms with E-state index < -0.39 is 0 Å². The maximum atomic E-state index is 8.63. The fourth-order valence-electron chi connectivity index (χ4n) is 1.78. The number of hydrogen-bond donors (Lipinski definition) is 1. The second-order valence-corrected chi connectivity index (χ2v) is 4.60. The van der Waals surface area contributed by atoms with Gasteiger partial charge >= 0.3 is 0 Å². The summed E-state index contributed by atoms with van der Waals surface area (Å²) in [5, 5.41) is 11.9. The first-order valence-corrected chi connectivity index (χ1v) is 6.45. The SMILES string of the molecule is CCNc1cc(N(C)CCC#N)nc(C2CC2)n1. The summed E-state index contributed by atoms with van der Waals surface area (Å²) in [6.07, 6.45) is 2.89. The molecule has 5 heteroatoms. The van der Waals surface area contributed by atoms with Crippen LogP contribution in [0.4, 0.5) is 11.6 Å². The van der Waals surface area contributed by atoms with Crippen LogP contribution in [-0.2, 0) is 0 Å². The molecule has 1 aromatic heterocycles. The van der Waals surface area contributed by atoms with E-state index in [1.807, 2.05) is 18.0 Å². The summed E-state index contributed by atoms with van der Waals surface area (Å²) in [5.74, 6) is 3.25. The van der Waals surface area contributed by atoms with Crippen molar-refractivity contribution in [2.24, 2.45) is 0 Å². The van der Waals surface area contributed by atoms with Crippen LogP contribution in [0.25, 0.3) is 0 Å². The molecule has 96 valence electrons. The summed E-state index contributed by atoms with van der Waals surface area (Å²) in [6, 6.07) is 4.11. The van der Waals surface area contributed by atoms with Crippen molar-refractivity contribution >= 4 is 11.6 Å². The summed E-state index contributed by atoms with van der Waals surface area (Å²) < 4.78 is 0. The van der Waals surface area contributed by atoms with Gasteiger partial charge in [0.2, 0.25) is 0 Å². The van der Waals surface area contributed by atoms with E-state index in [-0.39, 0.29) is 0 Å². The minimum atomic E-state index is 0.510. The Balaban J connectivity index is 2.19. The van der Waals surface area contributed by atoms with Gasteiger partial charge < -0.3 is 10.2 Å². The monoisotopic (exact) mass is 245 g/mol. The van der Waals surface area contributed by atoms with Crippen LogP contribution < -0.4 is 10.2 Å². The molecular weight excluding hydrogens is 226 g/mol. The van der Waals surface area contributed by atoms with E-state index in [2.05, 4.69) is 28.3 Å². The quantitative estimate of drug-likeness (QED) is 0.831. The van der Waals surface area contributed by atoms with Gasteiger partial charge in [-0.1, -0.05) is 0 Å². The molecule has 1 aliphatic carbocycles. The molecular formula is C13H19N5. The van der Waals surface area contributed by atoms with Gasteiger partial charge in [0.1, 0.15) is 17.5 Å². The standard InChI is InChI=1S/C13H19N5/c1-3-15-11-9-12(18(2)8-4-7-14)17-13(16-11)10-5-6-10/h9-10H,3-6,8H2,1-2H3,(H,15,16,17). The van der Waals surface area contributed by atoms with Gasteiger partial charge in [0.15, 0.2) is 0 Å². The molecule has 0 atom stereocenters. The lowest BCUT2D eigenvalue weighted by Gasteiger charge is -2.18. The molecule has 1 N–H and O–H groups in total. The van der Waals surface area contributed by atoms with Crippen LogP contribution in [0.2, 0.25) is 0 Å². The van der Waals surface area contributed by atoms with E-state index in [1.54, 1.807) is 0 Å². The van der Waals surface area contributed by atoms with E-state index in [0.717, 1.165) is 24.0 Å². The Morgan fingerprint density at radius 1 is 1.50 bits per heavy atom. The average molecular weight is 245 g/mol. The normalized spacial score (nSPS) is 14.1. The fourth-order valence-corrected chi connectivity index (χ4v) is 1.78. The predicted octanol–water partition coefficient (Wildman–Crippen LogP) is 2.14. The Labute approximate surface area is 108 Å². The van der Waals surface area contributed by atoms with Gasteiger partial charge in [0.25, 0.3) is 0 Å². The first kappa shape index (κ1) is 12.6. The zero-order valence-electron chi connectivity index (χ0n) is 11.0. The van der Waals surface area contributed by atoms with Crippen LogP contribution >= 0.6 is 0 Å². The van der Waals surface area contributed by atoms with Crippen molar-refractivity contribution in [1.29, 1.82) is 5.26 Å².